The number of hydrogen-bond acceptors (Lipinski definition) is 4. The Morgan fingerprint density at radius 1 is 1.12 bits per heavy atom. The molecule has 1 aromatic heterocycles. The van der Waals surface area contributed by atoms with E-state index < -0.39 is 21.7 Å². The number of halogens is 3. The zero-order chi connectivity index (χ0) is 23.0. The van der Waals surface area contributed by atoms with Crippen molar-refractivity contribution in [2.45, 2.75) is 44.4 Å². The molecule has 1 saturated carbocycles. The summed E-state index contributed by atoms with van der Waals surface area (Å²) in [6, 6.07) is 3.99. The number of pyridine rings is 1. The van der Waals surface area contributed by atoms with Crippen molar-refractivity contribution >= 4 is 33.3 Å². The molecule has 11 heteroatoms. The summed E-state index contributed by atoms with van der Waals surface area (Å²) < 4.78 is 53.2. The van der Waals surface area contributed by atoms with Crippen LogP contribution < -0.4 is 5.32 Å². The molecule has 0 bridgehead atoms. The number of amides is 2. The van der Waals surface area contributed by atoms with Gasteiger partial charge in [-0.05, 0) is 43.9 Å². The van der Waals surface area contributed by atoms with Crippen molar-refractivity contribution in [1.29, 1.82) is 0 Å². The lowest BCUT2D eigenvalue weighted by Crippen LogP contribution is -2.48. The number of urea groups is 1. The Morgan fingerprint density at radius 2 is 1.73 bits per heavy atom. The Bertz CT molecular complexity index is 1120. The lowest BCUT2D eigenvalue weighted by molar-refractivity contribution is 0.174. The molecule has 2 fully saturated rings. The summed E-state index contributed by atoms with van der Waals surface area (Å²) in [6.45, 7) is 0.792. The van der Waals surface area contributed by atoms with Gasteiger partial charge in [0.1, 0.15) is 11.6 Å². The fourth-order valence-corrected chi connectivity index (χ4v) is 6.00. The molecule has 180 valence electrons. The van der Waals surface area contributed by atoms with Gasteiger partial charge >= 0.3 is 6.03 Å². The molecule has 1 aliphatic heterocycles. The number of carbonyl (C=O) groups is 1. The molecule has 1 aromatic carbocycles. The summed E-state index contributed by atoms with van der Waals surface area (Å²) in [4.78, 5) is 18.4. The number of aromatic nitrogens is 1. The number of benzene rings is 1. The Kier molecular flexibility index (Phi) is 7.60. The normalized spacial score (nSPS) is 17.3. The van der Waals surface area contributed by atoms with Crippen LogP contribution in [0.2, 0.25) is 5.02 Å². The molecule has 0 radical (unpaired) electrons. The van der Waals surface area contributed by atoms with Gasteiger partial charge in [0.05, 0.1) is 27.9 Å². The number of nitrogens with one attached hydrogen (secondary N) is 1. The molecule has 2 amide bonds. The predicted molar refractivity (Wildman–Crippen MR) is 125 cm³/mol. The minimum Gasteiger partial charge on any atom is -0.325 e. The highest BCUT2D eigenvalue weighted by Gasteiger charge is 2.41. The monoisotopic (exact) mass is 500 g/mol. The van der Waals surface area contributed by atoms with Gasteiger partial charge in [-0.1, -0.05) is 19.0 Å². The van der Waals surface area contributed by atoms with Gasteiger partial charge in [0.15, 0.2) is 0 Å². The van der Waals surface area contributed by atoms with Crippen LogP contribution in [-0.4, -0.2) is 60.1 Å². The Hall–Kier alpha value is -2.30. The largest absolute Gasteiger partial charge is 0.325 e. The molecule has 2 heterocycles. The topological polar surface area (TPSA) is 82.6 Å². The van der Waals surface area contributed by atoms with Crippen LogP contribution in [0.3, 0.4) is 0 Å². The van der Waals surface area contributed by atoms with E-state index in [0.717, 1.165) is 31.0 Å². The van der Waals surface area contributed by atoms with E-state index in [2.05, 4.69) is 10.3 Å². The van der Waals surface area contributed by atoms with Gasteiger partial charge in [-0.25, -0.2) is 26.3 Å². The van der Waals surface area contributed by atoms with Gasteiger partial charge < -0.3 is 10.2 Å². The molecule has 2 aromatic rings. The maximum absolute atomic E-state index is 13.5. The molecule has 1 saturated heterocycles. The van der Waals surface area contributed by atoms with Crippen molar-refractivity contribution in [3.05, 3.63) is 47.1 Å². The molecule has 1 N–H and O–H groups in total. The molecule has 0 spiro atoms. The average molecular weight is 501 g/mol. The smallest absolute Gasteiger partial charge is 0.321 e. The number of carbonyl (C=O) groups excluding carboxylic acids is 1. The summed E-state index contributed by atoms with van der Waals surface area (Å²) in [7, 11) is -1.54. The van der Waals surface area contributed by atoms with Gasteiger partial charge in [-0.15, -0.1) is 0 Å². The highest BCUT2D eigenvalue weighted by Crippen LogP contribution is 2.33. The number of rotatable bonds is 5. The van der Waals surface area contributed by atoms with Gasteiger partial charge in [0, 0.05) is 37.8 Å². The molecule has 0 unspecified atom stereocenters. The first kappa shape index (κ1) is 25.3. The second-order valence-corrected chi connectivity index (χ2v) is 10.7. The van der Waals surface area contributed by atoms with E-state index in [9.17, 15) is 22.0 Å². The van der Waals surface area contributed by atoms with Gasteiger partial charge in [0.25, 0.3) is 0 Å². The third kappa shape index (κ3) is 5.62. The minimum absolute atomic E-state index is 0. The Balaban J connectivity index is 0.00000306. The van der Waals surface area contributed by atoms with Crippen molar-refractivity contribution in [2.24, 2.45) is 0 Å². The Morgan fingerprint density at radius 3 is 2.27 bits per heavy atom. The second kappa shape index (κ2) is 9.90. The van der Waals surface area contributed by atoms with Crippen molar-refractivity contribution in [3.63, 3.8) is 0 Å². The third-order valence-corrected chi connectivity index (χ3v) is 8.51. The summed E-state index contributed by atoms with van der Waals surface area (Å²) in [5.74, 6) is -1.49. The molecule has 2 aliphatic rings. The first-order chi connectivity index (χ1) is 15.1. The van der Waals surface area contributed by atoms with E-state index >= 15 is 0 Å². The zero-order valence-corrected chi connectivity index (χ0v) is 19.0. The summed E-state index contributed by atoms with van der Waals surface area (Å²) in [5, 5.41) is 2.61. The quantitative estimate of drug-likeness (QED) is 0.643. The van der Waals surface area contributed by atoms with Crippen molar-refractivity contribution in [3.8, 4) is 11.3 Å². The SMILES string of the molecule is C.CN(C(=O)Nc1cnc(-c2cc(F)cc(F)c2)c(Cl)c1)C1CCN(S(=O)(=O)C2CC2)CC1. The van der Waals surface area contributed by atoms with Crippen LogP contribution >= 0.6 is 11.6 Å². The van der Waals surface area contributed by atoms with E-state index in [1.807, 2.05) is 0 Å². The van der Waals surface area contributed by atoms with Crippen molar-refractivity contribution in [2.75, 3.05) is 25.5 Å². The van der Waals surface area contributed by atoms with E-state index in [-0.39, 0.29) is 41.0 Å². The number of nitrogens with zero attached hydrogens (tertiary/aromatic N) is 3. The molecule has 0 atom stereocenters. The van der Waals surface area contributed by atoms with Crippen molar-refractivity contribution in [1.82, 2.24) is 14.2 Å². The summed E-state index contributed by atoms with van der Waals surface area (Å²) in [5.41, 5.74) is 0.720. The maximum Gasteiger partial charge on any atom is 0.321 e. The average Bonchev–Trinajstić information content (AvgIpc) is 3.59. The fraction of sp³-hybridized carbons (Fsp3) is 0.455. The highest BCUT2D eigenvalue weighted by molar-refractivity contribution is 7.90. The Labute approximate surface area is 197 Å². The van der Waals surface area contributed by atoms with Crippen molar-refractivity contribution < 1.29 is 22.0 Å². The van der Waals surface area contributed by atoms with Gasteiger partial charge in [-0.2, -0.15) is 0 Å². The predicted octanol–water partition coefficient (Wildman–Crippen LogP) is 4.74. The van der Waals surface area contributed by atoms with Crippen LogP contribution in [0.4, 0.5) is 19.3 Å². The summed E-state index contributed by atoms with van der Waals surface area (Å²) in [6.07, 6.45) is 3.93. The molecule has 4 rings (SSSR count). The number of anilines is 1. The number of sulfonamides is 1. The summed E-state index contributed by atoms with van der Waals surface area (Å²) >= 11 is 6.23. The van der Waals surface area contributed by atoms with E-state index in [4.69, 9.17) is 11.6 Å². The van der Waals surface area contributed by atoms with Crippen LogP contribution in [0.25, 0.3) is 11.3 Å². The van der Waals surface area contributed by atoms with Crippen LogP contribution in [0.1, 0.15) is 33.1 Å². The molecule has 33 heavy (non-hydrogen) atoms. The lowest BCUT2D eigenvalue weighted by atomic mass is 10.1. The van der Waals surface area contributed by atoms with Crippen LogP contribution in [-0.2, 0) is 10.0 Å². The fourth-order valence-electron chi connectivity index (χ4n) is 3.85. The number of hydrogen-bond donors (Lipinski definition) is 1. The lowest BCUT2D eigenvalue weighted by Gasteiger charge is -2.36. The standard InChI is InChI=1S/C21H23ClF2N4O3S.CH4/c1-27(17-4-6-28(7-5-17)32(30,31)18-2-3-18)21(29)26-16-11-19(22)20(25-12-16)13-8-14(23)10-15(24)9-13;/h8-12,17-18H,2-7H2,1H3,(H,26,29);1H4. The van der Waals surface area contributed by atoms with Crippen LogP contribution in [0.15, 0.2) is 30.5 Å². The minimum atomic E-state index is -3.20. The molecule has 7 nitrogen and oxygen atoms in total. The first-order valence-electron chi connectivity index (χ1n) is 10.3. The molecular weight excluding hydrogens is 474 g/mol. The second-order valence-electron chi connectivity index (χ2n) is 8.13. The third-order valence-electron chi connectivity index (χ3n) is 5.83. The van der Waals surface area contributed by atoms with Crippen LogP contribution in [0.5, 0.6) is 0 Å². The maximum atomic E-state index is 13.5. The van der Waals surface area contributed by atoms with Gasteiger partial charge in [0.2, 0.25) is 10.0 Å². The molecular formula is C22H27ClF2N4O3S. The zero-order valence-electron chi connectivity index (χ0n) is 17.4. The number of piperidine rings is 1. The van der Waals surface area contributed by atoms with Gasteiger partial charge in [-0.3, -0.25) is 4.98 Å². The first-order valence-corrected chi connectivity index (χ1v) is 12.2. The van der Waals surface area contributed by atoms with E-state index in [1.165, 1.54) is 16.6 Å². The highest BCUT2D eigenvalue weighted by atomic mass is 35.5. The van der Waals surface area contributed by atoms with Crippen LogP contribution in [0, 0.1) is 11.6 Å². The van der Waals surface area contributed by atoms with E-state index in [1.54, 1.807) is 11.9 Å². The van der Waals surface area contributed by atoms with E-state index in [0.29, 0.717) is 31.6 Å². The molecule has 1 aliphatic carbocycles.